The number of hydrogen-bond acceptors (Lipinski definition) is 5. The number of benzodiazepines with no additional fused rings is 1. The highest BCUT2D eigenvalue weighted by molar-refractivity contribution is 6.14. The van der Waals surface area contributed by atoms with Gasteiger partial charge in [-0.05, 0) is 53.0 Å². The number of nitroso groups, excluding NO2 is 1. The molecule has 0 amide bonds. The molecule has 0 bridgehead atoms. The summed E-state index contributed by atoms with van der Waals surface area (Å²) >= 11 is 0. The second kappa shape index (κ2) is 9.09. The summed E-state index contributed by atoms with van der Waals surface area (Å²) in [5.74, 6) is 1.41. The zero-order valence-corrected chi connectivity index (χ0v) is 18.3. The molecule has 1 aliphatic heterocycles. The molecule has 0 fully saturated rings. The number of fused-ring (bicyclic) bond motifs is 2. The van der Waals surface area contributed by atoms with Crippen LogP contribution in [0.5, 0.6) is 11.5 Å². The Balaban J connectivity index is 1.53. The molecule has 1 aliphatic rings. The number of ether oxygens (including phenoxy) is 1. The largest absolute Gasteiger partial charge is 0.456 e. The van der Waals surface area contributed by atoms with E-state index in [2.05, 4.69) is 41.4 Å². The summed E-state index contributed by atoms with van der Waals surface area (Å²) in [6.07, 6.45) is 3.92. The predicted molar refractivity (Wildman–Crippen MR) is 136 cm³/mol. The van der Waals surface area contributed by atoms with Crippen molar-refractivity contribution in [1.29, 1.82) is 0 Å². The third-order valence-corrected chi connectivity index (χ3v) is 5.80. The lowest BCUT2D eigenvalue weighted by molar-refractivity contribution is 0.487. The first kappa shape index (κ1) is 20.6. The minimum Gasteiger partial charge on any atom is -0.456 e. The number of para-hydroxylation sites is 1. The molecular formula is C28H23N3O2. The highest BCUT2D eigenvalue weighted by atomic mass is 16.5. The van der Waals surface area contributed by atoms with Gasteiger partial charge in [-0.3, -0.25) is 4.99 Å². The number of hydrogen-bond donors (Lipinski definition) is 0. The molecule has 1 heterocycles. The minimum absolute atomic E-state index is 0.350. The SMILES string of the molecule is CN1CCN=C(/C=C/c2cc(N=O)ccc2Oc2cccc3ccccc23)c2ccccc21. The van der Waals surface area contributed by atoms with E-state index in [1.807, 2.05) is 54.6 Å². The lowest BCUT2D eigenvalue weighted by atomic mass is 10.0. The van der Waals surface area contributed by atoms with Gasteiger partial charge in [0.05, 0.1) is 12.3 Å². The fourth-order valence-electron chi connectivity index (χ4n) is 4.08. The average molecular weight is 434 g/mol. The minimum atomic E-state index is 0.350. The summed E-state index contributed by atoms with van der Waals surface area (Å²) in [6, 6.07) is 27.5. The summed E-state index contributed by atoms with van der Waals surface area (Å²) in [5.41, 5.74) is 4.24. The molecule has 4 aromatic carbocycles. The fraction of sp³-hybridized carbons (Fsp3) is 0.107. The zero-order chi connectivity index (χ0) is 22.6. The molecule has 4 aromatic rings. The Morgan fingerprint density at radius 3 is 2.64 bits per heavy atom. The van der Waals surface area contributed by atoms with Crippen molar-refractivity contribution in [2.45, 2.75) is 0 Å². The van der Waals surface area contributed by atoms with E-state index >= 15 is 0 Å². The van der Waals surface area contributed by atoms with Crippen molar-refractivity contribution < 1.29 is 4.74 Å². The molecule has 5 rings (SSSR count). The first-order valence-electron chi connectivity index (χ1n) is 10.9. The molecule has 0 saturated heterocycles. The Morgan fingerprint density at radius 1 is 0.909 bits per heavy atom. The van der Waals surface area contributed by atoms with Crippen LogP contribution in [0.15, 0.2) is 101 Å². The first-order valence-corrected chi connectivity index (χ1v) is 10.9. The Labute approximate surface area is 192 Å². The molecule has 5 nitrogen and oxygen atoms in total. The van der Waals surface area contributed by atoms with Crippen LogP contribution in [-0.2, 0) is 0 Å². The van der Waals surface area contributed by atoms with E-state index < -0.39 is 0 Å². The highest BCUT2D eigenvalue weighted by Crippen LogP contribution is 2.34. The third-order valence-electron chi connectivity index (χ3n) is 5.80. The van der Waals surface area contributed by atoms with Gasteiger partial charge in [-0.1, -0.05) is 54.6 Å². The number of nitrogens with zero attached hydrogens (tertiary/aromatic N) is 3. The van der Waals surface area contributed by atoms with E-state index in [1.54, 1.807) is 18.2 Å². The predicted octanol–water partition coefficient (Wildman–Crippen LogP) is 6.98. The van der Waals surface area contributed by atoms with Crippen LogP contribution in [-0.4, -0.2) is 25.8 Å². The molecule has 0 radical (unpaired) electrons. The van der Waals surface area contributed by atoms with Crippen molar-refractivity contribution in [1.82, 2.24) is 0 Å². The van der Waals surface area contributed by atoms with Crippen LogP contribution >= 0.6 is 0 Å². The van der Waals surface area contributed by atoms with Crippen LogP contribution < -0.4 is 9.64 Å². The van der Waals surface area contributed by atoms with Crippen molar-refractivity contribution in [2.75, 3.05) is 25.0 Å². The van der Waals surface area contributed by atoms with Crippen LogP contribution in [0.3, 0.4) is 0 Å². The molecule has 0 atom stereocenters. The van der Waals surface area contributed by atoms with Crippen LogP contribution in [0.25, 0.3) is 16.8 Å². The summed E-state index contributed by atoms with van der Waals surface area (Å²) in [6.45, 7) is 1.56. The second-order valence-electron chi connectivity index (χ2n) is 7.93. The van der Waals surface area contributed by atoms with E-state index in [0.717, 1.165) is 45.6 Å². The number of benzene rings is 4. The standard InChI is InChI=1S/C28H23N3O2/c1-31-18-17-29-25(24-10-4-5-11-26(24)31)15-13-21-19-22(30-32)14-16-27(21)33-28-12-6-8-20-7-2-3-9-23(20)28/h2-16,19H,17-18H2,1H3/b15-13+. The number of likely N-dealkylation sites (N-methyl/N-ethyl adjacent to an activating group) is 1. The monoisotopic (exact) mass is 433 g/mol. The molecule has 33 heavy (non-hydrogen) atoms. The van der Waals surface area contributed by atoms with Crippen molar-refractivity contribution in [3.63, 3.8) is 0 Å². The van der Waals surface area contributed by atoms with Gasteiger partial charge in [0.15, 0.2) is 0 Å². The van der Waals surface area contributed by atoms with E-state index in [4.69, 9.17) is 9.73 Å². The Hall–Kier alpha value is -4.25. The number of rotatable bonds is 5. The number of allylic oxidation sites excluding steroid dienone is 1. The first-order chi connectivity index (χ1) is 16.2. The highest BCUT2D eigenvalue weighted by Gasteiger charge is 2.14. The van der Waals surface area contributed by atoms with Crippen molar-refractivity contribution in [2.24, 2.45) is 10.2 Å². The number of anilines is 1. The molecule has 0 aliphatic carbocycles. The summed E-state index contributed by atoms with van der Waals surface area (Å²) < 4.78 is 6.33. The molecule has 0 aromatic heterocycles. The van der Waals surface area contributed by atoms with Crippen molar-refractivity contribution >= 4 is 33.9 Å². The van der Waals surface area contributed by atoms with Gasteiger partial charge in [0.1, 0.15) is 17.2 Å². The van der Waals surface area contributed by atoms with Crippen LogP contribution in [0, 0.1) is 4.91 Å². The topological polar surface area (TPSA) is 54.3 Å². The summed E-state index contributed by atoms with van der Waals surface area (Å²) in [5, 5.41) is 5.24. The summed E-state index contributed by atoms with van der Waals surface area (Å²) in [7, 11) is 2.08. The maximum Gasteiger partial charge on any atom is 0.135 e. The number of aliphatic imine (C=N–C) groups is 1. The van der Waals surface area contributed by atoms with Gasteiger partial charge in [0, 0.05) is 35.8 Å². The van der Waals surface area contributed by atoms with Gasteiger partial charge in [-0.25, -0.2) is 0 Å². The Bertz CT molecular complexity index is 1390. The van der Waals surface area contributed by atoms with E-state index in [1.165, 1.54) is 0 Å². The van der Waals surface area contributed by atoms with Crippen LogP contribution in [0.2, 0.25) is 0 Å². The molecule has 0 saturated carbocycles. The van der Waals surface area contributed by atoms with Gasteiger partial charge in [-0.15, -0.1) is 4.91 Å². The molecule has 0 unspecified atom stereocenters. The maximum atomic E-state index is 11.2. The lowest BCUT2D eigenvalue weighted by Crippen LogP contribution is -2.20. The normalized spacial score (nSPS) is 13.5. The van der Waals surface area contributed by atoms with E-state index in [-0.39, 0.29) is 0 Å². The van der Waals surface area contributed by atoms with Crippen molar-refractivity contribution in [3.05, 3.63) is 107 Å². The van der Waals surface area contributed by atoms with E-state index in [0.29, 0.717) is 18.0 Å². The fourth-order valence-corrected chi connectivity index (χ4v) is 4.08. The van der Waals surface area contributed by atoms with E-state index in [9.17, 15) is 4.91 Å². The quantitative estimate of drug-likeness (QED) is 0.319. The maximum absolute atomic E-state index is 11.2. The van der Waals surface area contributed by atoms with Gasteiger partial charge in [0.25, 0.3) is 0 Å². The molecule has 162 valence electrons. The van der Waals surface area contributed by atoms with Gasteiger partial charge in [-0.2, -0.15) is 0 Å². The van der Waals surface area contributed by atoms with Crippen LogP contribution in [0.1, 0.15) is 11.1 Å². The van der Waals surface area contributed by atoms with Gasteiger partial charge in [0.2, 0.25) is 0 Å². The second-order valence-corrected chi connectivity index (χ2v) is 7.93. The zero-order valence-electron chi connectivity index (χ0n) is 18.3. The molecular weight excluding hydrogens is 410 g/mol. The van der Waals surface area contributed by atoms with Gasteiger partial charge >= 0.3 is 0 Å². The Morgan fingerprint density at radius 2 is 1.73 bits per heavy atom. The average Bonchev–Trinajstić information content (AvgIpc) is 3.02. The smallest absolute Gasteiger partial charge is 0.135 e. The summed E-state index contributed by atoms with van der Waals surface area (Å²) in [4.78, 5) is 18.2. The molecule has 0 spiro atoms. The van der Waals surface area contributed by atoms with Crippen LogP contribution in [0.4, 0.5) is 11.4 Å². The van der Waals surface area contributed by atoms with Gasteiger partial charge < -0.3 is 9.64 Å². The van der Waals surface area contributed by atoms with Crippen molar-refractivity contribution in [3.8, 4) is 11.5 Å². The third kappa shape index (κ3) is 4.26. The molecule has 0 N–H and O–H groups in total. The Kier molecular flexibility index (Phi) is 5.68. The molecule has 5 heteroatoms. The lowest BCUT2D eigenvalue weighted by Gasteiger charge is -2.18.